The highest BCUT2D eigenvalue weighted by atomic mass is 32.1. The van der Waals surface area contributed by atoms with Gasteiger partial charge in [-0.1, -0.05) is 0 Å². The van der Waals surface area contributed by atoms with Crippen molar-refractivity contribution < 1.29 is 14.7 Å². The minimum atomic E-state index is -1.15. The van der Waals surface area contributed by atoms with Crippen LogP contribution in [0, 0.1) is 0 Å². The molecule has 0 aliphatic heterocycles. The molecule has 0 heterocycles. The monoisotopic (exact) mass is 277 g/mol. The van der Waals surface area contributed by atoms with E-state index in [9.17, 15) is 9.59 Å². The quantitative estimate of drug-likeness (QED) is 0.129. The third-order valence-electron chi connectivity index (χ3n) is 2.10. The van der Waals surface area contributed by atoms with Crippen LogP contribution in [-0.4, -0.2) is 47.3 Å². The lowest BCUT2D eigenvalue weighted by molar-refractivity contribution is -0.141. The number of aliphatic carboxylic acids is 1. The highest BCUT2D eigenvalue weighted by Gasteiger charge is 2.21. The van der Waals surface area contributed by atoms with E-state index in [1.165, 1.54) is 0 Å². The molecule has 0 aliphatic carbocycles. The number of guanidine groups is 1. The maximum Gasteiger partial charge on any atom is 0.327 e. The minimum Gasteiger partial charge on any atom is -0.480 e. The zero-order valence-corrected chi connectivity index (χ0v) is 10.8. The molecule has 0 rings (SSSR count). The number of carbonyl (C=O) groups is 2. The summed E-state index contributed by atoms with van der Waals surface area (Å²) >= 11 is 3.82. The lowest BCUT2D eigenvalue weighted by atomic mass is 10.1. The highest BCUT2D eigenvalue weighted by Crippen LogP contribution is 1.97. The molecular weight excluding hydrogens is 258 g/mol. The Hall–Kier alpha value is -1.48. The van der Waals surface area contributed by atoms with E-state index in [-0.39, 0.29) is 11.7 Å². The molecule has 0 aromatic heterocycles. The Balaban J connectivity index is 4.03. The molecule has 0 saturated heterocycles. The first-order valence-corrected chi connectivity index (χ1v) is 5.96. The summed E-state index contributed by atoms with van der Waals surface area (Å²) in [7, 11) is 0. The number of nitrogens with one attached hydrogen (secondary N) is 1. The number of hydrogen-bond acceptors (Lipinski definition) is 5. The van der Waals surface area contributed by atoms with Gasteiger partial charge in [0.15, 0.2) is 5.96 Å². The fraction of sp³-hybridized carbons (Fsp3) is 0.667. The molecule has 0 aromatic rings. The van der Waals surface area contributed by atoms with Gasteiger partial charge in [-0.15, -0.1) is 0 Å². The molecule has 0 aliphatic rings. The van der Waals surface area contributed by atoms with Crippen LogP contribution in [0.4, 0.5) is 0 Å². The van der Waals surface area contributed by atoms with Crippen molar-refractivity contribution in [3.05, 3.63) is 0 Å². The maximum atomic E-state index is 11.5. The largest absolute Gasteiger partial charge is 0.480 e. The van der Waals surface area contributed by atoms with Crippen LogP contribution in [0.5, 0.6) is 0 Å². The van der Waals surface area contributed by atoms with Gasteiger partial charge < -0.3 is 27.6 Å². The van der Waals surface area contributed by atoms with Gasteiger partial charge in [0, 0.05) is 12.3 Å². The third kappa shape index (κ3) is 6.97. The van der Waals surface area contributed by atoms with Crippen molar-refractivity contribution in [1.29, 1.82) is 0 Å². The van der Waals surface area contributed by atoms with Gasteiger partial charge in [0.2, 0.25) is 5.91 Å². The molecule has 0 aromatic carbocycles. The van der Waals surface area contributed by atoms with Crippen LogP contribution in [0.15, 0.2) is 4.99 Å². The summed E-state index contributed by atoms with van der Waals surface area (Å²) in [4.78, 5) is 25.9. The number of amides is 1. The molecule has 8 N–H and O–H groups in total. The number of aliphatic imine (C=N–C) groups is 1. The Bertz CT molecular complexity index is 319. The molecule has 2 atom stereocenters. The number of carboxylic acid groups (broad SMARTS) is 1. The van der Waals surface area contributed by atoms with Crippen molar-refractivity contribution in [1.82, 2.24) is 5.32 Å². The zero-order valence-electron chi connectivity index (χ0n) is 9.87. The number of thiol groups is 1. The Morgan fingerprint density at radius 2 is 2.00 bits per heavy atom. The molecule has 1 amide bonds. The maximum absolute atomic E-state index is 11.5. The van der Waals surface area contributed by atoms with Gasteiger partial charge in [-0.3, -0.25) is 9.79 Å². The van der Waals surface area contributed by atoms with E-state index in [1.807, 2.05) is 0 Å². The summed E-state index contributed by atoms with van der Waals surface area (Å²) in [5, 5.41) is 11.0. The second kappa shape index (κ2) is 8.59. The number of nitrogens with two attached hydrogens (primary N) is 3. The first-order valence-electron chi connectivity index (χ1n) is 5.33. The predicted octanol–water partition coefficient (Wildman–Crippen LogP) is -2.13. The van der Waals surface area contributed by atoms with Gasteiger partial charge in [0.1, 0.15) is 6.04 Å². The van der Waals surface area contributed by atoms with Crippen molar-refractivity contribution >= 4 is 30.5 Å². The van der Waals surface area contributed by atoms with Crippen LogP contribution in [0.1, 0.15) is 12.8 Å². The molecule has 8 nitrogen and oxygen atoms in total. The fourth-order valence-electron chi connectivity index (χ4n) is 1.11. The van der Waals surface area contributed by atoms with E-state index >= 15 is 0 Å². The van der Waals surface area contributed by atoms with E-state index in [2.05, 4.69) is 22.9 Å². The van der Waals surface area contributed by atoms with E-state index in [4.69, 9.17) is 22.3 Å². The standard InChI is InChI=1S/C9H19N5O3S/c10-5(2-1-3-13-9(11)12)7(15)14-6(4-18)8(16)17/h5-6,18H,1-4,10H2,(H,14,15)(H,16,17)(H4,11,12,13)/t5-,6+/m0/s1. The normalized spacial score (nSPS) is 13.4. The number of carboxylic acids is 1. The van der Waals surface area contributed by atoms with Crippen LogP contribution in [0.2, 0.25) is 0 Å². The Labute approximate surface area is 110 Å². The van der Waals surface area contributed by atoms with E-state index in [0.717, 1.165) is 0 Å². The molecule has 104 valence electrons. The average molecular weight is 277 g/mol. The molecule has 0 radical (unpaired) electrons. The fourth-order valence-corrected chi connectivity index (χ4v) is 1.36. The summed E-state index contributed by atoms with van der Waals surface area (Å²) in [6.45, 7) is 0.373. The van der Waals surface area contributed by atoms with Gasteiger partial charge in [-0.2, -0.15) is 12.6 Å². The smallest absolute Gasteiger partial charge is 0.327 e. The Kier molecular flexibility index (Phi) is 7.88. The van der Waals surface area contributed by atoms with Crippen molar-refractivity contribution in [3.8, 4) is 0 Å². The summed E-state index contributed by atoms with van der Waals surface area (Å²) in [5.74, 6) is -1.69. The van der Waals surface area contributed by atoms with Crippen LogP contribution in [0.25, 0.3) is 0 Å². The average Bonchev–Trinajstić information content (AvgIpc) is 2.30. The zero-order chi connectivity index (χ0) is 14.1. The molecule has 0 bridgehead atoms. The van der Waals surface area contributed by atoms with E-state index < -0.39 is 24.0 Å². The van der Waals surface area contributed by atoms with Gasteiger partial charge in [0.25, 0.3) is 0 Å². The van der Waals surface area contributed by atoms with Gasteiger partial charge in [0.05, 0.1) is 6.04 Å². The first-order chi connectivity index (χ1) is 8.38. The third-order valence-corrected chi connectivity index (χ3v) is 2.47. The van der Waals surface area contributed by atoms with E-state index in [0.29, 0.717) is 19.4 Å². The minimum absolute atomic E-state index is 0.00178. The number of carbonyl (C=O) groups excluding carboxylic acids is 1. The Morgan fingerprint density at radius 3 is 2.44 bits per heavy atom. The summed E-state index contributed by atoms with van der Waals surface area (Å²) in [5.41, 5.74) is 15.9. The van der Waals surface area contributed by atoms with Crippen LogP contribution in [-0.2, 0) is 9.59 Å². The highest BCUT2D eigenvalue weighted by molar-refractivity contribution is 7.80. The van der Waals surface area contributed by atoms with E-state index in [1.54, 1.807) is 0 Å². The van der Waals surface area contributed by atoms with Crippen molar-refractivity contribution in [3.63, 3.8) is 0 Å². The van der Waals surface area contributed by atoms with Crippen molar-refractivity contribution in [2.75, 3.05) is 12.3 Å². The second-order valence-corrected chi connectivity index (χ2v) is 4.00. The molecule has 9 heteroatoms. The van der Waals surface area contributed by atoms with Gasteiger partial charge in [-0.05, 0) is 12.8 Å². The molecule has 0 spiro atoms. The van der Waals surface area contributed by atoms with Crippen LogP contribution in [0.3, 0.4) is 0 Å². The number of nitrogens with zero attached hydrogens (tertiary/aromatic N) is 1. The topological polar surface area (TPSA) is 157 Å². The second-order valence-electron chi connectivity index (χ2n) is 3.64. The van der Waals surface area contributed by atoms with Crippen LogP contribution < -0.4 is 22.5 Å². The van der Waals surface area contributed by atoms with Gasteiger partial charge in [-0.25, -0.2) is 4.79 Å². The first kappa shape index (κ1) is 16.5. The molecule has 18 heavy (non-hydrogen) atoms. The SMILES string of the molecule is NC(N)=NCCC[C@H](N)C(=O)N[C@H](CS)C(=O)O. The number of rotatable bonds is 8. The molecule has 0 saturated carbocycles. The number of hydrogen-bond donors (Lipinski definition) is 6. The lowest BCUT2D eigenvalue weighted by Gasteiger charge is -2.15. The molecular formula is C9H19N5O3S. The summed E-state index contributed by atoms with van der Waals surface area (Å²) in [6, 6.07) is -1.83. The molecule has 0 fully saturated rings. The molecule has 0 unspecified atom stereocenters. The van der Waals surface area contributed by atoms with Crippen molar-refractivity contribution in [2.45, 2.75) is 24.9 Å². The predicted molar refractivity (Wildman–Crippen MR) is 71.3 cm³/mol. The van der Waals surface area contributed by atoms with Crippen molar-refractivity contribution in [2.24, 2.45) is 22.2 Å². The van der Waals surface area contributed by atoms with Gasteiger partial charge >= 0.3 is 5.97 Å². The summed E-state index contributed by atoms with van der Waals surface area (Å²) < 4.78 is 0. The van der Waals surface area contributed by atoms with Crippen LogP contribution >= 0.6 is 12.6 Å². The lowest BCUT2D eigenvalue weighted by Crippen LogP contribution is -2.49. The summed E-state index contributed by atoms with van der Waals surface area (Å²) in [6.07, 6.45) is 0.895. The Morgan fingerprint density at radius 1 is 1.39 bits per heavy atom.